The summed E-state index contributed by atoms with van der Waals surface area (Å²) in [6.07, 6.45) is 0.480. The van der Waals surface area contributed by atoms with Gasteiger partial charge in [-0.1, -0.05) is 17.7 Å². The second kappa shape index (κ2) is 11.8. The number of hydrogen-bond donors (Lipinski definition) is 2. The molecule has 0 unspecified atom stereocenters. The van der Waals surface area contributed by atoms with Crippen LogP contribution in [0.1, 0.15) is 17.5 Å². The van der Waals surface area contributed by atoms with Gasteiger partial charge in [0, 0.05) is 23.2 Å². The van der Waals surface area contributed by atoms with Gasteiger partial charge in [-0.25, -0.2) is 0 Å². The quantitative estimate of drug-likeness (QED) is 0.542. The lowest BCUT2D eigenvalue weighted by molar-refractivity contribution is -0.148. The van der Waals surface area contributed by atoms with E-state index in [1.54, 1.807) is 57.5 Å². The zero-order valence-electron chi connectivity index (χ0n) is 17.6. The second-order valence-electron chi connectivity index (χ2n) is 6.62. The van der Waals surface area contributed by atoms with E-state index in [4.69, 9.17) is 25.8 Å². The highest BCUT2D eigenvalue weighted by atomic mass is 35.5. The number of nitrogens with one attached hydrogen (secondary N) is 2. The highest BCUT2D eigenvalue weighted by Crippen LogP contribution is 2.24. The van der Waals surface area contributed by atoms with Crippen LogP contribution in [-0.2, 0) is 25.5 Å². The number of esters is 1. The van der Waals surface area contributed by atoms with E-state index in [2.05, 4.69) is 10.6 Å². The number of carbonyl (C=O) groups is 3. The summed E-state index contributed by atoms with van der Waals surface area (Å²) in [4.78, 5) is 35.8. The summed E-state index contributed by atoms with van der Waals surface area (Å²) >= 11 is 6.01. The first-order valence-corrected chi connectivity index (χ1v) is 9.89. The van der Waals surface area contributed by atoms with Gasteiger partial charge in [0.2, 0.25) is 5.91 Å². The molecule has 0 aromatic heterocycles. The van der Waals surface area contributed by atoms with Gasteiger partial charge in [-0.3, -0.25) is 14.4 Å². The molecule has 0 aliphatic heterocycles. The third kappa shape index (κ3) is 7.82. The number of aryl methyl sites for hydroxylation is 1. The van der Waals surface area contributed by atoms with Crippen LogP contribution < -0.4 is 20.1 Å². The molecule has 0 aliphatic carbocycles. The maximum Gasteiger partial charge on any atom is 0.306 e. The number of amides is 2. The zero-order valence-corrected chi connectivity index (χ0v) is 18.4. The maximum atomic E-state index is 12.0. The molecule has 0 fully saturated rings. The van der Waals surface area contributed by atoms with Gasteiger partial charge in [0.25, 0.3) is 5.91 Å². The van der Waals surface area contributed by atoms with E-state index in [0.29, 0.717) is 28.6 Å². The Morgan fingerprint density at radius 2 is 1.68 bits per heavy atom. The molecule has 31 heavy (non-hydrogen) atoms. The fourth-order valence-electron chi connectivity index (χ4n) is 2.64. The Morgan fingerprint density at radius 1 is 1.00 bits per heavy atom. The van der Waals surface area contributed by atoms with Gasteiger partial charge >= 0.3 is 5.97 Å². The summed E-state index contributed by atoms with van der Waals surface area (Å²) in [5.74, 6) is -0.288. The third-order valence-corrected chi connectivity index (χ3v) is 4.79. The minimum atomic E-state index is -0.575. The maximum absolute atomic E-state index is 12.0. The minimum Gasteiger partial charge on any atom is -0.497 e. The monoisotopic (exact) mass is 448 g/mol. The van der Waals surface area contributed by atoms with Crippen molar-refractivity contribution in [1.82, 2.24) is 5.32 Å². The lowest BCUT2D eigenvalue weighted by Gasteiger charge is -2.10. The van der Waals surface area contributed by atoms with Gasteiger partial charge in [0.05, 0.1) is 20.8 Å². The summed E-state index contributed by atoms with van der Waals surface area (Å²) in [5.41, 5.74) is 2.13. The van der Waals surface area contributed by atoms with E-state index < -0.39 is 24.4 Å². The van der Waals surface area contributed by atoms with Crippen molar-refractivity contribution in [3.63, 3.8) is 0 Å². The minimum absolute atomic E-state index is 0.0815. The molecular formula is C22H25ClN2O6. The number of carbonyl (C=O) groups excluding carboxylic acids is 3. The highest BCUT2D eigenvalue weighted by Gasteiger charge is 2.12. The molecule has 0 heterocycles. The summed E-state index contributed by atoms with van der Waals surface area (Å²) < 4.78 is 15.3. The van der Waals surface area contributed by atoms with Crippen molar-refractivity contribution >= 4 is 35.1 Å². The lowest BCUT2D eigenvalue weighted by Crippen LogP contribution is -2.35. The first-order valence-electron chi connectivity index (χ1n) is 9.51. The zero-order chi connectivity index (χ0) is 22.8. The fourth-order valence-corrected chi connectivity index (χ4v) is 2.82. The third-order valence-electron chi connectivity index (χ3n) is 4.38. The van der Waals surface area contributed by atoms with E-state index in [1.807, 2.05) is 0 Å². The van der Waals surface area contributed by atoms with Crippen molar-refractivity contribution < 1.29 is 28.6 Å². The second-order valence-corrected chi connectivity index (χ2v) is 7.03. The molecule has 0 atom stereocenters. The van der Waals surface area contributed by atoms with Crippen molar-refractivity contribution in [3.8, 4) is 11.5 Å². The predicted molar refractivity (Wildman–Crippen MR) is 117 cm³/mol. The first-order chi connectivity index (χ1) is 14.8. The molecule has 0 radical (unpaired) electrons. The predicted octanol–water partition coefficient (Wildman–Crippen LogP) is 2.90. The average molecular weight is 449 g/mol. The molecule has 2 N–H and O–H groups in total. The van der Waals surface area contributed by atoms with Gasteiger partial charge < -0.3 is 24.8 Å². The van der Waals surface area contributed by atoms with Crippen molar-refractivity contribution in [1.29, 1.82) is 0 Å². The fraction of sp³-hybridized carbons (Fsp3) is 0.318. The largest absolute Gasteiger partial charge is 0.497 e. The van der Waals surface area contributed by atoms with Crippen LogP contribution in [0.4, 0.5) is 5.69 Å². The number of ether oxygens (including phenoxy) is 3. The summed E-state index contributed by atoms with van der Waals surface area (Å²) in [7, 11) is 3.09. The number of methoxy groups -OCH3 is 2. The number of hydrogen-bond acceptors (Lipinski definition) is 6. The molecule has 2 aromatic rings. The normalized spacial score (nSPS) is 10.2. The van der Waals surface area contributed by atoms with Crippen molar-refractivity contribution in [2.75, 3.05) is 32.7 Å². The molecule has 9 heteroatoms. The summed E-state index contributed by atoms with van der Waals surface area (Å²) in [6, 6.07) is 10.5. The van der Waals surface area contributed by atoms with E-state index in [0.717, 1.165) is 11.1 Å². The smallest absolute Gasteiger partial charge is 0.306 e. The molecule has 2 rings (SSSR count). The Balaban J connectivity index is 1.71. The Kier molecular flexibility index (Phi) is 9.14. The molecule has 2 amide bonds. The molecule has 0 saturated carbocycles. The molecule has 0 spiro atoms. The summed E-state index contributed by atoms with van der Waals surface area (Å²) in [5, 5.41) is 5.59. The van der Waals surface area contributed by atoms with E-state index in [1.165, 1.54) is 0 Å². The molecule has 8 nitrogen and oxygen atoms in total. The van der Waals surface area contributed by atoms with Crippen molar-refractivity contribution in [2.24, 2.45) is 0 Å². The van der Waals surface area contributed by atoms with Gasteiger partial charge in [-0.15, -0.1) is 0 Å². The van der Waals surface area contributed by atoms with Gasteiger partial charge in [0.1, 0.15) is 11.5 Å². The Bertz CT molecular complexity index is 925. The van der Waals surface area contributed by atoms with Crippen molar-refractivity contribution in [3.05, 3.63) is 52.5 Å². The van der Waals surface area contributed by atoms with Crippen LogP contribution in [0.25, 0.3) is 0 Å². The number of anilines is 1. The van der Waals surface area contributed by atoms with Crippen molar-refractivity contribution in [2.45, 2.75) is 19.8 Å². The Hall–Kier alpha value is -3.26. The van der Waals surface area contributed by atoms with Crippen LogP contribution >= 0.6 is 11.6 Å². The number of halogens is 1. The van der Waals surface area contributed by atoms with Crippen LogP contribution in [0, 0.1) is 6.92 Å². The van der Waals surface area contributed by atoms with E-state index >= 15 is 0 Å². The lowest BCUT2D eigenvalue weighted by atomic mass is 10.1. The molecule has 2 aromatic carbocycles. The van der Waals surface area contributed by atoms with Crippen LogP contribution in [0.15, 0.2) is 36.4 Å². The van der Waals surface area contributed by atoms with E-state index in [-0.39, 0.29) is 13.0 Å². The Labute approximate surface area is 185 Å². The topological polar surface area (TPSA) is 103 Å². The number of benzene rings is 2. The molecule has 166 valence electrons. The molecule has 0 aliphatic rings. The van der Waals surface area contributed by atoms with Gasteiger partial charge in [-0.05, 0) is 48.7 Å². The average Bonchev–Trinajstić information content (AvgIpc) is 2.77. The van der Waals surface area contributed by atoms with Crippen LogP contribution in [0.3, 0.4) is 0 Å². The number of rotatable bonds is 10. The van der Waals surface area contributed by atoms with Crippen LogP contribution in [-0.4, -0.2) is 45.2 Å². The highest BCUT2D eigenvalue weighted by molar-refractivity contribution is 6.31. The van der Waals surface area contributed by atoms with Gasteiger partial charge in [-0.2, -0.15) is 0 Å². The molecule has 0 saturated heterocycles. The van der Waals surface area contributed by atoms with E-state index in [9.17, 15) is 14.4 Å². The summed E-state index contributed by atoms with van der Waals surface area (Å²) in [6.45, 7) is 1.05. The Morgan fingerprint density at radius 3 is 2.32 bits per heavy atom. The van der Waals surface area contributed by atoms with Gasteiger partial charge in [0.15, 0.2) is 6.61 Å². The van der Waals surface area contributed by atoms with Crippen LogP contribution in [0.5, 0.6) is 11.5 Å². The molecular weight excluding hydrogens is 424 g/mol. The first kappa shape index (κ1) is 24.0. The molecule has 0 bridgehead atoms. The van der Waals surface area contributed by atoms with Crippen LogP contribution in [0.2, 0.25) is 5.02 Å². The SMILES string of the molecule is COc1cc(CCC(=O)OCC(=O)NCC(=O)Nc2cccc(Cl)c2C)cc(OC)c1. The standard InChI is InChI=1S/C22H25ClN2O6/c1-14-18(23)5-4-6-19(14)25-20(26)12-24-21(27)13-31-22(28)8-7-15-9-16(29-2)11-17(10-15)30-3/h4-6,9-11H,7-8,12-13H2,1-3H3,(H,24,27)(H,25,26).